The van der Waals surface area contributed by atoms with Gasteiger partial charge in [-0.25, -0.2) is 9.59 Å². The number of nitrogens with zero attached hydrogens (tertiary/aromatic N) is 4. The van der Waals surface area contributed by atoms with Crippen LogP contribution in [-0.2, 0) is 20.1 Å². The topological polar surface area (TPSA) is 99.1 Å². The summed E-state index contributed by atoms with van der Waals surface area (Å²) < 4.78 is 4.42. The molecule has 182 valence electrons. The Kier molecular flexibility index (Phi) is 5.80. The molecule has 1 N–H and O–H groups in total. The van der Waals surface area contributed by atoms with E-state index in [9.17, 15) is 19.5 Å². The predicted octanol–water partition coefficient (Wildman–Crippen LogP) is 4.12. The molecule has 0 radical (unpaired) electrons. The Bertz CT molecular complexity index is 1740. The fourth-order valence-corrected chi connectivity index (χ4v) is 4.66. The lowest BCUT2D eigenvalue weighted by atomic mass is 10.0. The molecule has 0 saturated heterocycles. The van der Waals surface area contributed by atoms with Gasteiger partial charge >= 0.3 is 11.7 Å². The van der Waals surface area contributed by atoms with Crippen molar-refractivity contribution in [3.8, 4) is 11.3 Å². The van der Waals surface area contributed by atoms with Crippen LogP contribution < -0.4 is 11.2 Å². The van der Waals surface area contributed by atoms with Crippen LogP contribution >= 0.6 is 0 Å². The van der Waals surface area contributed by atoms with Crippen molar-refractivity contribution in [2.75, 3.05) is 0 Å². The molecule has 2 heterocycles. The lowest BCUT2D eigenvalue weighted by Crippen LogP contribution is -2.38. The van der Waals surface area contributed by atoms with Crippen molar-refractivity contribution < 1.29 is 9.90 Å². The number of carboxylic acids is 1. The molecule has 0 fully saturated rings. The molecular formula is C28H26N4O4. The average molecular weight is 483 g/mol. The first-order valence-electron chi connectivity index (χ1n) is 11.8. The molecule has 0 aliphatic carbocycles. The second-order valence-electron chi connectivity index (χ2n) is 9.38. The fraction of sp³-hybridized carbons (Fsp3) is 0.214. The third-order valence-corrected chi connectivity index (χ3v) is 6.38. The Morgan fingerprint density at radius 1 is 0.972 bits per heavy atom. The van der Waals surface area contributed by atoms with Gasteiger partial charge in [-0.1, -0.05) is 68.4 Å². The second-order valence-corrected chi connectivity index (χ2v) is 9.38. The van der Waals surface area contributed by atoms with Gasteiger partial charge in [0.2, 0.25) is 0 Å². The Morgan fingerprint density at radius 2 is 1.67 bits per heavy atom. The summed E-state index contributed by atoms with van der Waals surface area (Å²) in [5.41, 5.74) is 1.84. The molecule has 0 bridgehead atoms. The molecule has 2 aromatic heterocycles. The highest BCUT2D eigenvalue weighted by Crippen LogP contribution is 2.29. The van der Waals surface area contributed by atoms with Gasteiger partial charge in [0.25, 0.3) is 5.56 Å². The molecule has 5 aromatic rings. The molecule has 8 nitrogen and oxygen atoms in total. The summed E-state index contributed by atoms with van der Waals surface area (Å²) in [6.45, 7) is 4.78. The van der Waals surface area contributed by atoms with E-state index in [1.807, 2.05) is 56.3 Å². The molecule has 0 saturated carbocycles. The van der Waals surface area contributed by atoms with E-state index >= 15 is 0 Å². The van der Waals surface area contributed by atoms with Crippen LogP contribution in [0.4, 0.5) is 0 Å². The molecule has 0 unspecified atom stereocenters. The van der Waals surface area contributed by atoms with E-state index in [0.717, 1.165) is 20.9 Å². The number of aromatic carboxylic acids is 1. The Morgan fingerprint density at radius 3 is 2.36 bits per heavy atom. The molecule has 5 rings (SSSR count). The lowest BCUT2D eigenvalue weighted by Gasteiger charge is -2.11. The minimum atomic E-state index is -1.03. The van der Waals surface area contributed by atoms with E-state index in [2.05, 4.69) is 0 Å². The zero-order valence-corrected chi connectivity index (χ0v) is 20.3. The largest absolute Gasteiger partial charge is 0.478 e. The summed E-state index contributed by atoms with van der Waals surface area (Å²) in [4.78, 5) is 37.9. The monoisotopic (exact) mass is 482 g/mol. The summed E-state index contributed by atoms with van der Waals surface area (Å²) in [6.07, 6.45) is 0. The van der Waals surface area contributed by atoms with Crippen molar-refractivity contribution in [3.63, 3.8) is 0 Å². The van der Waals surface area contributed by atoms with E-state index in [-0.39, 0.29) is 11.5 Å². The Labute approximate surface area is 206 Å². The molecule has 36 heavy (non-hydrogen) atoms. The van der Waals surface area contributed by atoms with Gasteiger partial charge in [0.15, 0.2) is 5.65 Å². The molecule has 0 aliphatic heterocycles. The summed E-state index contributed by atoms with van der Waals surface area (Å²) in [6, 6.07) is 20.5. The highest BCUT2D eigenvalue weighted by molar-refractivity contribution is 5.93. The number of carboxylic acid groups (broad SMARTS) is 1. The van der Waals surface area contributed by atoms with Gasteiger partial charge in [0, 0.05) is 19.2 Å². The molecular weight excluding hydrogens is 456 g/mol. The van der Waals surface area contributed by atoms with Gasteiger partial charge in [-0.05, 0) is 34.4 Å². The van der Waals surface area contributed by atoms with E-state index in [1.165, 1.54) is 19.2 Å². The first-order chi connectivity index (χ1) is 17.3. The summed E-state index contributed by atoms with van der Waals surface area (Å²) in [5, 5.41) is 16.7. The van der Waals surface area contributed by atoms with E-state index < -0.39 is 17.2 Å². The van der Waals surface area contributed by atoms with E-state index in [4.69, 9.17) is 5.10 Å². The minimum absolute atomic E-state index is 0.146. The third kappa shape index (κ3) is 3.90. The van der Waals surface area contributed by atoms with Crippen LogP contribution in [0.2, 0.25) is 0 Å². The highest BCUT2D eigenvalue weighted by Gasteiger charge is 2.23. The van der Waals surface area contributed by atoms with Crippen LogP contribution in [0.3, 0.4) is 0 Å². The number of rotatable bonds is 6. The molecule has 0 spiro atoms. The van der Waals surface area contributed by atoms with Crippen LogP contribution in [0.5, 0.6) is 0 Å². The van der Waals surface area contributed by atoms with Gasteiger partial charge < -0.3 is 5.11 Å². The number of hydrogen-bond acceptors (Lipinski definition) is 4. The van der Waals surface area contributed by atoms with Gasteiger partial charge in [-0.3, -0.25) is 18.6 Å². The van der Waals surface area contributed by atoms with Crippen LogP contribution in [0.1, 0.15) is 29.8 Å². The smallest absolute Gasteiger partial charge is 0.335 e. The normalized spacial score (nSPS) is 11.6. The number of aromatic nitrogens is 4. The first-order valence-corrected chi connectivity index (χ1v) is 11.8. The predicted molar refractivity (Wildman–Crippen MR) is 140 cm³/mol. The summed E-state index contributed by atoms with van der Waals surface area (Å²) >= 11 is 0. The summed E-state index contributed by atoms with van der Waals surface area (Å²) in [5.74, 6) is -0.873. The van der Waals surface area contributed by atoms with E-state index in [1.54, 1.807) is 21.4 Å². The van der Waals surface area contributed by atoms with Gasteiger partial charge in [0.05, 0.1) is 17.8 Å². The fourth-order valence-electron chi connectivity index (χ4n) is 4.66. The van der Waals surface area contributed by atoms with Crippen LogP contribution in [0, 0.1) is 5.92 Å². The summed E-state index contributed by atoms with van der Waals surface area (Å²) in [7, 11) is 1.47. The van der Waals surface area contributed by atoms with Crippen LogP contribution in [0.15, 0.2) is 76.3 Å². The molecule has 0 aliphatic rings. The second kappa shape index (κ2) is 8.96. The molecule has 8 heteroatoms. The van der Waals surface area contributed by atoms with Crippen LogP contribution in [0.25, 0.3) is 33.1 Å². The highest BCUT2D eigenvalue weighted by atomic mass is 16.4. The van der Waals surface area contributed by atoms with Gasteiger partial charge in [-0.2, -0.15) is 5.10 Å². The van der Waals surface area contributed by atoms with E-state index in [0.29, 0.717) is 35.4 Å². The van der Waals surface area contributed by atoms with Crippen molar-refractivity contribution in [1.82, 2.24) is 18.9 Å². The van der Waals surface area contributed by atoms with Crippen molar-refractivity contribution in [2.45, 2.75) is 26.9 Å². The van der Waals surface area contributed by atoms with Gasteiger partial charge in [0.1, 0.15) is 5.39 Å². The van der Waals surface area contributed by atoms with Crippen molar-refractivity contribution in [1.29, 1.82) is 0 Å². The SMILES string of the molecule is CC(C)Cn1c(=O)n(C)c(=O)c2c(-c3ccc(C(=O)O)cc3)n(Cc3cccc4ccccc34)nc21. The zero-order chi connectivity index (χ0) is 25.6. The van der Waals surface area contributed by atoms with Crippen LogP contribution in [-0.4, -0.2) is 30.0 Å². The maximum Gasteiger partial charge on any atom is 0.335 e. The maximum absolute atomic E-state index is 13.4. The number of hydrogen-bond donors (Lipinski definition) is 1. The quantitative estimate of drug-likeness (QED) is 0.393. The zero-order valence-electron chi connectivity index (χ0n) is 20.3. The average Bonchev–Trinajstić information content (AvgIpc) is 3.24. The third-order valence-electron chi connectivity index (χ3n) is 6.38. The Balaban J connectivity index is 1.83. The van der Waals surface area contributed by atoms with Crippen molar-refractivity contribution >= 4 is 27.8 Å². The lowest BCUT2D eigenvalue weighted by molar-refractivity contribution is 0.0697. The number of carbonyl (C=O) groups is 1. The van der Waals surface area contributed by atoms with Crippen molar-refractivity contribution in [3.05, 3.63) is 98.7 Å². The maximum atomic E-state index is 13.4. The number of benzene rings is 3. The van der Waals surface area contributed by atoms with Gasteiger partial charge in [-0.15, -0.1) is 0 Å². The minimum Gasteiger partial charge on any atom is -0.478 e. The molecule has 3 aromatic carbocycles. The Hall–Kier alpha value is -4.46. The molecule has 0 amide bonds. The van der Waals surface area contributed by atoms with Crippen molar-refractivity contribution in [2.24, 2.45) is 13.0 Å². The number of fused-ring (bicyclic) bond motifs is 2. The molecule has 0 atom stereocenters. The first kappa shape index (κ1) is 23.3. The standard InChI is InChI=1S/C28H26N4O4/c1-17(2)15-31-25-23(26(33)30(3)28(31)36)24(19-11-13-20(14-12-19)27(34)35)32(29-25)16-21-9-6-8-18-7-4-5-10-22(18)21/h4-14,17H,15-16H2,1-3H3,(H,34,35).